The van der Waals surface area contributed by atoms with E-state index in [4.69, 9.17) is 0 Å². The minimum absolute atomic E-state index is 0.0231. The van der Waals surface area contributed by atoms with E-state index in [2.05, 4.69) is 94.2 Å². The van der Waals surface area contributed by atoms with Gasteiger partial charge in [-0.3, -0.25) is 4.79 Å². The van der Waals surface area contributed by atoms with Crippen LogP contribution in [0.3, 0.4) is 0 Å². The molecule has 1 amide bonds. The van der Waals surface area contributed by atoms with Crippen molar-refractivity contribution in [2.75, 3.05) is 5.32 Å². The van der Waals surface area contributed by atoms with Crippen LogP contribution >= 0.6 is 0 Å². The Morgan fingerprint density at radius 1 is 0.811 bits per heavy atom. The van der Waals surface area contributed by atoms with E-state index >= 15 is 0 Å². The Morgan fingerprint density at radius 3 is 1.81 bits per heavy atom. The SMILES string of the molecule is C/C=C(\c1ccccc1C)n1cccc1.CCCC.CCCC.Cc1ccc(C)c(NC(=O)C(C)C)c1. The average Bonchev–Trinajstić information content (AvgIpc) is 3.43. The fraction of sp³-hybridized carbons (Fsp3) is 0.441. The van der Waals surface area contributed by atoms with Crippen LogP contribution < -0.4 is 5.32 Å². The lowest BCUT2D eigenvalue weighted by atomic mass is 10.1. The number of hydrogen-bond donors (Lipinski definition) is 1. The number of anilines is 1. The van der Waals surface area contributed by atoms with Gasteiger partial charge in [0, 0.05) is 35.3 Å². The second-order valence-corrected chi connectivity index (χ2v) is 9.54. The van der Waals surface area contributed by atoms with Crippen LogP contribution in [-0.2, 0) is 4.79 Å². The van der Waals surface area contributed by atoms with Gasteiger partial charge in [0.1, 0.15) is 0 Å². The molecule has 0 fully saturated rings. The smallest absolute Gasteiger partial charge is 0.226 e. The van der Waals surface area contributed by atoms with E-state index in [0.29, 0.717) is 0 Å². The van der Waals surface area contributed by atoms with Gasteiger partial charge in [-0.15, -0.1) is 0 Å². The molecule has 1 aromatic heterocycles. The number of aryl methyl sites for hydroxylation is 3. The van der Waals surface area contributed by atoms with Crippen LogP contribution in [0, 0.1) is 26.7 Å². The van der Waals surface area contributed by atoms with Crippen molar-refractivity contribution in [1.29, 1.82) is 0 Å². The van der Waals surface area contributed by atoms with Gasteiger partial charge in [-0.1, -0.05) is 110 Å². The van der Waals surface area contributed by atoms with Crippen molar-refractivity contribution in [2.45, 2.75) is 94.9 Å². The van der Waals surface area contributed by atoms with Gasteiger partial charge >= 0.3 is 0 Å². The molecule has 2 aromatic carbocycles. The molecule has 0 unspecified atom stereocenters. The van der Waals surface area contributed by atoms with Crippen LogP contribution in [0.25, 0.3) is 5.70 Å². The maximum Gasteiger partial charge on any atom is 0.226 e. The molecule has 37 heavy (non-hydrogen) atoms. The van der Waals surface area contributed by atoms with Gasteiger partial charge in [-0.05, 0) is 62.6 Å². The second kappa shape index (κ2) is 20.0. The first-order chi connectivity index (χ1) is 17.7. The highest BCUT2D eigenvalue weighted by Gasteiger charge is 2.08. The van der Waals surface area contributed by atoms with Gasteiger partial charge in [0.25, 0.3) is 0 Å². The van der Waals surface area contributed by atoms with Crippen molar-refractivity contribution in [3.63, 3.8) is 0 Å². The molecule has 0 saturated carbocycles. The molecule has 0 spiro atoms. The van der Waals surface area contributed by atoms with Crippen LogP contribution in [-0.4, -0.2) is 10.5 Å². The number of amides is 1. The molecule has 3 aromatic rings. The Labute approximate surface area is 228 Å². The van der Waals surface area contributed by atoms with E-state index in [0.717, 1.165) is 16.8 Å². The molecule has 3 rings (SSSR count). The number of hydrogen-bond acceptors (Lipinski definition) is 1. The van der Waals surface area contributed by atoms with Crippen molar-refractivity contribution in [3.05, 3.63) is 95.3 Å². The number of unbranched alkanes of at least 4 members (excludes halogenated alkanes) is 2. The van der Waals surface area contributed by atoms with E-state index in [1.807, 2.05) is 58.0 Å². The molecule has 0 bridgehead atoms. The zero-order valence-electron chi connectivity index (χ0n) is 25.2. The minimum Gasteiger partial charge on any atom is -0.326 e. The highest BCUT2D eigenvalue weighted by molar-refractivity contribution is 5.92. The Kier molecular flexibility index (Phi) is 18.4. The number of carbonyl (C=O) groups is 1. The number of rotatable bonds is 6. The summed E-state index contributed by atoms with van der Waals surface area (Å²) in [6.45, 7) is 20.7. The number of allylic oxidation sites excluding steroid dienone is 1. The van der Waals surface area contributed by atoms with Gasteiger partial charge in [-0.25, -0.2) is 0 Å². The zero-order chi connectivity index (χ0) is 28.2. The Balaban J connectivity index is 0.000000546. The largest absolute Gasteiger partial charge is 0.326 e. The minimum atomic E-state index is 0.0231. The van der Waals surface area contributed by atoms with Crippen molar-refractivity contribution in [3.8, 4) is 0 Å². The fourth-order valence-electron chi connectivity index (χ4n) is 2.95. The lowest BCUT2D eigenvalue weighted by Crippen LogP contribution is -2.18. The van der Waals surface area contributed by atoms with E-state index in [9.17, 15) is 4.79 Å². The number of nitrogens with zero attached hydrogens (tertiary/aromatic N) is 1. The molecule has 1 N–H and O–H groups in total. The van der Waals surface area contributed by atoms with Crippen molar-refractivity contribution < 1.29 is 4.79 Å². The maximum atomic E-state index is 11.5. The summed E-state index contributed by atoms with van der Waals surface area (Å²) >= 11 is 0. The molecular weight excluding hydrogens is 452 g/mol. The highest BCUT2D eigenvalue weighted by Crippen LogP contribution is 2.20. The van der Waals surface area contributed by atoms with Crippen LogP contribution in [0.1, 0.15) is 96.4 Å². The summed E-state index contributed by atoms with van der Waals surface area (Å²) in [6.07, 6.45) is 11.6. The molecule has 0 atom stereocenters. The Bertz CT molecular complexity index is 1020. The first-order valence-corrected chi connectivity index (χ1v) is 13.9. The molecule has 0 aliphatic carbocycles. The predicted octanol–water partition coefficient (Wildman–Crippen LogP) is 10.2. The van der Waals surface area contributed by atoms with Gasteiger partial charge in [0.05, 0.1) is 0 Å². The predicted molar refractivity (Wildman–Crippen MR) is 165 cm³/mol. The summed E-state index contributed by atoms with van der Waals surface area (Å²) < 4.78 is 2.14. The van der Waals surface area contributed by atoms with E-state index in [1.165, 1.54) is 42.5 Å². The molecule has 0 aliphatic rings. The summed E-state index contributed by atoms with van der Waals surface area (Å²) in [6, 6.07) is 18.6. The lowest BCUT2D eigenvalue weighted by Gasteiger charge is -2.11. The number of nitrogens with one attached hydrogen (secondary N) is 1. The summed E-state index contributed by atoms with van der Waals surface area (Å²) in [5.41, 5.74) is 7.01. The van der Waals surface area contributed by atoms with Gasteiger partial charge in [0.15, 0.2) is 0 Å². The molecule has 0 aliphatic heterocycles. The van der Waals surface area contributed by atoms with Crippen LogP contribution in [0.2, 0.25) is 0 Å². The van der Waals surface area contributed by atoms with E-state index < -0.39 is 0 Å². The molecule has 204 valence electrons. The summed E-state index contributed by atoms with van der Waals surface area (Å²) in [5, 5.41) is 2.91. The van der Waals surface area contributed by atoms with Gasteiger partial charge in [-0.2, -0.15) is 0 Å². The monoisotopic (exact) mass is 504 g/mol. The van der Waals surface area contributed by atoms with Crippen LogP contribution in [0.15, 0.2) is 73.1 Å². The lowest BCUT2D eigenvalue weighted by molar-refractivity contribution is -0.118. The third-order valence-corrected chi connectivity index (χ3v) is 5.75. The van der Waals surface area contributed by atoms with Crippen LogP contribution in [0.4, 0.5) is 5.69 Å². The van der Waals surface area contributed by atoms with Crippen molar-refractivity contribution in [1.82, 2.24) is 4.57 Å². The number of aromatic nitrogens is 1. The Hall–Kier alpha value is -3.07. The molecular formula is C34H52N2O. The van der Waals surface area contributed by atoms with Gasteiger partial charge in [0.2, 0.25) is 5.91 Å². The molecule has 0 radical (unpaired) electrons. The Morgan fingerprint density at radius 2 is 1.35 bits per heavy atom. The van der Waals surface area contributed by atoms with E-state index in [1.54, 1.807) is 0 Å². The summed E-state index contributed by atoms with van der Waals surface area (Å²) in [4.78, 5) is 11.5. The fourth-order valence-corrected chi connectivity index (χ4v) is 2.95. The third-order valence-electron chi connectivity index (χ3n) is 5.75. The number of benzene rings is 2. The van der Waals surface area contributed by atoms with Crippen LogP contribution in [0.5, 0.6) is 0 Å². The zero-order valence-corrected chi connectivity index (χ0v) is 25.2. The number of carbonyl (C=O) groups excluding carboxylic acids is 1. The quantitative estimate of drug-likeness (QED) is 0.356. The average molecular weight is 505 g/mol. The topological polar surface area (TPSA) is 34.0 Å². The molecule has 3 nitrogen and oxygen atoms in total. The standard InChI is InChI=1S/C14H15N.C12H17NO.2C4H10/c1-3-14(15-10-6-7-11-15)13-9-5-4-8-12(13)2;1-8(2)12(14)13-11-7-9(3)5-6-10(11)4;2*1-3-4-2/h3-11H,1-2H3;5-8H,1-4H3,(H,13,14);2*3-4H2,1-2H3/b14-3+;;;. The molecule has 0 saturated heterocycles. The summed E-state index contributed by atoms with van der Waals surface area (Å²) in [5.74, 6) is 0.0913. The maximum absolute atomic E-state index is 11.5. The van der Waals surface area contributed by atoms with Crippen molar-refractivity contribution in [2.24, 2.45) is 5.92 Å². The molecule has 3 heteroatoms. The van der Waals surface area contributed by atoms with E-state index in [-0.39, 0.29) is 11.8 Å². The van der Waals surface area contributed by atoms with Gasteiger partial charge < -0.3 is 9.88 Å². The first-order valence-electron chi connectivity index (χ1n) is 13.9. The third kappa shape index (κ3) is 13.7. The second-order valence-electron chi connectivity index (χ2n) is 9.54. The normalized spacial score (nSPS) is 10.3. The summed E-state index contributed by atoms with van der Waals surface area (Å²) in [7, 11) is 0. The molecule has 1 heterocycles. The highest BCUT2D eigenvalue weighted by atomic mass is 16.1. The first kappa shape index (κ1) is 33.9. The van der Waals surface area contributed by atoms with Crippen molar-refractivity contribution >= 4 is 17.3 Å².